The number of nitrogens with one attached hydrogen (secondary N) is 1. The lowest BCUT2D eigenvalue weighted by Crippen LogP contribution is -2.34. The number of guanidine groups is 1. The van der Waals surface area contributed by atoms with Crippen molar-refractivity contribution in [3.05, 3.63) is 46.7 Å². The molecule has 0 atom stereocenters. The number of rotatable bonds is 5. The molecule has 7 heteroatoms. The molecule has 30 heavy (non-hydrogen) atoms. The number of oxazole rings is 1. The summed E-state index contributed by atoms with van der Waals surface area (Å²) in [7, 11) is 0. The van der Waals surface area contributed by atoms with E-state index in [2.05, 4.69) is 38.4 Å². The summed E-state index contributed by atoms with van der Waals surface area (Å²) in [4.78, 5) is 11.6. The van der Waals surface area contributed by atoms with Crippen LogP contribution < -0.4 is 11.1 Å². The third-order valence-electron chi connectivity index (χ3n) is 6.32. The number of aromatic nitrogens is 1. The molecule has 4 rings (SSSR count). The molecule has 6 nitrogen and oxygen atoms in total. The molecule has 0 bridgehead atoms. The number of benzene rings is 1. The van der Waals surface area contributed by atoms with Gasteiger partial charge in [0.05, 0.1) is 12.2 Å². The highest BCUT2D eigenvalue weighted by Crippen LogP contribution is 2.27. The Bertz CT molecular complexity index is 851. The molecule has 1 fully saturated rings. The van der Waals surface area contributed by atoms with Crippen molar-refractivity contribution in [1.29, 1.82) is 0 Å². The zero-order valence-electron chi connectivity index (χ0n) is 18.1. The van der Waals surface area contributed by atoms with Gasteiger partial charge in [-0.3, -0.25) is 9.89 Å². The minimum atomic E-state index is 0. The number of fused-ring (bicyclic) bond motifs is 1. The SMILES string of the molecule is Cc1nc(CN2CCC(CN=C(N)Nc3cccc4c3CCCC4)CC2)oc1C.I. The predicted octanol–water partition coefficient (Wildman–Crippen LogP) is 4.43. The average molecular weight is 523 g/mol. The minimum Gasteiger partial charge on any atom is -0.444 e. The summed E-state index contributed by atoms with van der Waals surface area (Å²) in [5.74, 6) is 2.88. The fourth-order valence-corrected chi connectivity index (χ4v) is 4.43. The van der Waals surface area contributed by atoms with Crippen molar-refractivity contribution in [3.8, 4) is 0 Å². The zero-order valence-corrected chi connectivity index (χ0v) is 20.4. The first kappa shape index (κ1) is 23.1. The molecule has 3 N–H and O–H groups in total. The van der Waals surface area contributed by atoms with Crippen LogP contribution in [-0.2, 0) is 19.4 Å². The number of halogens is 1. The average Bonchev–Trinajstić information content (AvgIpc) is 3.04. The van der Waals surface area contributed by atoms with E-state index in [9.17, 15) is 0 Å². The lowest BCUT2D eigenvalue weighted by Gasteiger charge is -2.30. The van der Waals surface area contributed by atoms with Gasteiger partial charge in [0, 0.05) is 12.2 Å². The molecule has 0 unspecified atom stereocenters. The third kappa shape index (κ3) is 5.75. The standard InChI is InChI=1S/C23H33N5O.HI/c1-16-17(2)29-22(26-16)15-28-12-10-18(11-13-28)14-25-23(24)27-21-9-5-7-19-6-3-4-8-20(19)21;/h5,7,9,18H,3-4,6,8,10-15H2,1-2H3,(H3,24,25,27);1H. The van der Waals surface area contributed by atoms with Gasteiger partial charge in [0.15, 0.2) is 5.96 Å². The van der Waals surface area contributed by atoms with Gasteiger partial charge in [-0.1, -0.05) is 12.1 Å². The van der Waals surface area contributed by atoms with Gasteiger partial charge in [-0.05, 0) is 88.6 Å². The first-order chi connectivity index (χ1) is 14.1. The number of hydrogen-bond acceptors (Lipinski definition) is 4. The second-order valence-electron chi connectivity index (χ2n) is 8.47. The monoisotopic (exact) mass is 523 g/mol. The maximum Gasteiger partial charge on any atom is 0.208 e. The summed E-state index contributed by atoms with van der Waals surface area (Å²) in [6.45, 7) is 7.67. The molecule has 2 aliphatic rings. The van der Waals surface area contributed by atoms with E-state index in [-0.39, 0.29) is 24.0 Å². The summed E-state index contributed by atoms with van der Waals surface area (Å²) in [5.41, 5.74) is 11.2. The number of aryl methyl sites for hydroxylation is 3. The summed E-state index contributed by atoms with van der Waals surface area (Å²) in [5, 5.41) is 3.36. The quantitative estimate of drug-likeness (QED) is 0.345. The van der Waals surface area contributed by atoms with Crippen LogP contribution in [-0.4, -0.2) is 35.5 Å². The lowest BCUT2D eigenvalue weighted by atomic mass is 9.90. The second-order valence-corrected chi connectivity index (χ2v) is 8.47. The Morgan fingerprint density at radius 1 is 1.23 bits per heavy atom. The van der Waals surface area contributed by atoms with E-state index in [1.165, 1.54) is 30.4 Å². The maximum absolute atomic E-state index is 6.21. The first-order valence-corrected chi connectivity index (χ1v) is 10.9. The van der Waals surface area contributed by atoms with Crippen molar-refractivity contribution >= 4 is 35.6 Å². The molecule has 0 amide bonds. The van der Waals surface area contributed by atoms with Crippen molar-refractivity contribution in [2.45, 2.75) is 58.9 Å². The summed E-state index contributed by atoms with van der Waals surface area (Å²) in [6, 6.07) is 6.48. The topological polar surface area (TPSA) is 79.7 Å². The molecule has 2 aromatic rings. The number of hydrogen-bond donors (Lipinski definition) is 2. The summed E-state index contributed by atoms with van der Waals surface area (Å²) in [6.07, 6.45) is 7.12. The molecular formula is C23H34IN5O. The molecular weight excluding hydrogens is 489 g/mol. The number of piperidine rings is 1. The zero-order chi connectivity index (χ0) is 20.2. The highest BCUT2D eigenvalue weighted by Gasteiger charge is 2.21. The smallest absolute Gasteiger partial charge is 0.208 e. The van der Waals surface area contributed by atoms with E-state index in [1.807, 2.05) is 13.8 Å². The fourth-order valence-electron chi connectivity index (χ4n) is 4.43. The predicted molar refractivity (Wildman–Crippen MR) is 133 cm³/mol. The number of likely N-dealkylation sites (tertiary alicyclic amines) is 1. The number of anilines is 1. The van der Waals surface area contributed by atoms with Gasteiger partial charge in [0.1, 0.15) is 5.76 Å². The maximum atomic E-state index is 6.21. The van der Waals surface area contributed by atoms with E-state index in [0.717, 1.165) is 68.5 Å². The van der Waals surface area contributed by atoms with Crippen LogP contribution in [0.4, 0.5) is 5.69 Å². The van der Waals surface area contributed by atoms with Crippen LogP contribution in [0.25, 0.3) is 0 Å². The molecule has 0 radical (unpaired) electrons. The molecule has 2 heterocycles. The number of aliphatic imine (C=N–C) groups is 1. The Kier molecular flexibility index (Phi) is 8.16. The number of nitrogens with two attached hydrogens (primary N) is 1. The van der Waals surface area contributed by atoms with E-state index in [1.54, 1.807) is 0 Å². The van der Waals surface area contributed by atoms with Crippen molar-refractivity contribution in [3.63, 3.8) is 0 Å². The van der Waals surface area contributed by atoms with Gasteiger partial charge >= 0.3 is 0 Å². The van der Waals surface area contributed by atoms with Crippen LogP contribution in [0.1, 0.15) is 54.2 Å². The Hall–Kier alpha value is -1.61. The van der Waals surface area contributed by atoms with Crippen molar-refractivity contribution in [2.24, 2.45) is 16.6 Å². The largest absolute Gasteiger partial charge is 0.444 e. The normalized spacial score (nSPS) is 18.0. The first-order valence-electron chi connectivity index (χ1n) is 10.9. The summed E-state index contributed by atoms with van der Waals surface area (Å²) >= 11 is 0. The minimum absolute atomic E-state index is 0. The van der Waals surface area contributed by atoms with Crippen LogP contribution in [0.15, 0.2) is 27.6 Å². The van der Waals surface area contributed by atoms with Gasteiger partial charge in [0.25, 0.3) is 0 Å². The van der Waals surface area contributed by atoms with Crippen molar-refractivity contribution < 1.29 is 4.42 Å². The van der Waals surface area contributed by atoms with Gasteiger partial charge < -0.3 is 15.5 Å². The highest BCUT2D eigenvalue weighted by atomic mass is 127. The third-order valence-corrected chi connectivity index (χ3v) is 6.32. The fraction of sp³-hybridized carbons (Fsp3) is 0.565. The van der Waals surface area contributed by atoms with E-state index < -0.39 is 0 Å². The van der Waals surface area contributed by atoms with Gasteiger partial charge in [0.2, 0.25) is 5.89 Å². The lowest BCUT2D eigenvalue weighted by molar-refractivity contribution is 0.166. The van der Waals surface area contributed by atoms with Crippen molar-refractivity contribution in [2.75, 3.05) is 25.0 Å². The van der Waals surface area contributed by atoms with Crippen LogP contribution in [0.2, 0.25) is 0 Å². The highest BCUT2D eigenvalue weighted by molar-refractivity contribution is 14.0. The van der Waals surface area contributed by atoms with E-state index in [0.29, 0.717) is 11.9 Å². The van der Waals surface area contributed by atoms with E-state index in [4.69, 9.17) is 10.2 Å². The molecule has 164 valence electrons. The molecule has 0 saturated carbocycles. The van der Waals surface area contributed by atoms with E-state index >= 15 is 0 Å². The number of nitrogens with zero attached hydrogens (tertiary/aromatic N) is 3. The molecule has 0 spiro atoms. The Morgan fingerprint density at radius 3 is 2.73 bits per heavy atom. The molecule has 1 aliphatic carbocycles. The molecule has 1 saturated heterocycles. The Morgan fingerprint density at radius 2 is 2.00 bits per heavy atom. The summed E-state index contributed by atoms with van der Waals surface area (Å²) < 4.78 is 5.72. The molecule has 1 aliphatic heterocycles. The molecule has 1 aromatic heterocycles. The van der Waals surface area contributed by atoms with Gasteiger partial charge in [-0.2, -0.15) is 0 Å². The second kappa shape index (κ2) is 10.6. The van der Waals surface area contributed by atoms with Crippen LogP contribution in [0, 0.1) is 19.8 Å². The van der Waals surface area contributed by atoms with Crippen molar-refractivity contribution in [1.82, 2.24) is 9.88 Å². The van der Waals surface area contributed by atoms with Crippen LogP contribution in [0.5, 0.6) is 0 Å². The van der Waals surface area contributed by atoms with Gasteiger partial charge in [-0.25, -0.2) is 4.98 Å². The Balaban J connectivity index is 0.00000256. The Labute approximate surface area is 196 Å². The molecule has 1 aromatic carbocycles. The van der Waals surface area contributed by atoms with Crippen LogP contribution >= 0.6 is 24.0 Å². The van der Waals surface area contributed by atoms with Gasteiger partial charge in [-0.15, -0.1) is 24.0 Å². The van der Waals surface area contributed by atoms with Crippen LogP contribution in [0.3, 0.4) is 0 Å².